The Labute approximate surface area is 112 Å². The highest BCUT2D eigenvalue weighted by Crippen LogP contribution is 2.17. The van der Waals surface area contributed by atoms with Crippen LogP contribution in [0.3, 0.4) is 0 Å². The molecule has 2 aromatic rings. The van der Waals surface area contributed by atoms with Crippen molar-refractivity contribution in [2.24, 2.45) is 0 Å². The van der Waals surface area contributed by atoms with Crippen LogP contribution in [0.1, 0.15) is 17.2 Å². The van der Waals surface area contributed by atoms with Gasteiger partial charge in [0.2, 0.25) is 0 Å². The van der Waals surface area contributed by atoms with Gasteiger partial charge in [-0.15, -0.1) is 0 Å². The van der Waals surface area contributed by atoms with Gasteiger partial charge in [-0.3, -0.25) is 0 Å². The monoisotopic (exact) mass is 257 g/mol. The number of hydrogen-bond acceptors (Lipinski definition) is 2. The maximum atomic E-state index is 10.1. The van der Waals surface area contributed by atoms with Crippen LogP contribution in [0.15, 0.2) is 54.6 Å². The molecule has 0 bridgehead atoms. The van der Waals surface area contributed by atoms with Crippen molar-refractivity contribution in [3.8, 4) is 0 Å². The Morgan fingerprint density at radius 1 is 1.06 bits per heavy atom. The lowest BCUT2D eigenvalue weighted by Gasteiger charge is -2.14. The minimum atomic E-state index is -0.775. The van der Waals surface area contributed by atoms with Gasteiger partial charge in [-0.1, -0.05) is 60.2 Å². The smallest absolute Gasteiger partial charge is 0.129 e. The Kier molecular flexibility index (Phi) is 4.07. The molecule has 2 nitrogen and oxygen atoms in total. The Morgan fingerprint density at radius 2 is 1.67 bits per heavy atom. The number of anilines is 1. The molecule has 0 spiro atoms. The van der Waals surface area contributed by atoms with E-state index in [0.717, 1.165) is 11.3 Å². The Morgan fingerprint density at radius 3 is 2.28 bits per heavy atom. The molecule has 1 atom stereocenters. The Balaban J connectivity index is 2.06. The minimum Gasteiger partial charge on any atom is -0.381 e. The zero-order valence-corrected chi connectivity index (χ0v) is 10.9. The number of thiocarbonyl (C=S) groups is 1. The molecule has 2 rings (SSSR count). The number of hydrogen-bond donors (Lipinski definition) is 2. The SMILES string of the molecule is Cc1ccc(NC(=S)C(O)c2ccccc2)cc1. The molecular formula is C15H15NOS. The van der Waals surface area contributed by atoms with Gasteiger partial charge < -0.3 is 10.4 Å². The summed E-state index contributed by atoms with van der Waals surface area (Å²) < 4.78 is 0. The molecule has 0 aliphatic rings. The molecule has 0 aliphatic carbocycles. The third-order valence-electron chi connectivity index (χ3n) is 2.68. The van der Waals surface area contributed by atoms with Crippen LogP contribution in [-0.4, -0.2) is 10.1 Å². The van der Waals surface area contributed by atoms with Crippen molar-refractivity contribution in [3.63, 3.8) is 0 Å². The van der Waals surface area contributed by atoms with Crippen LogP contribution in [0, 0.1) is 6.92 Å². The van der Waals surface area contributed by atoms with E-state index in [1.807, 2.05) is 61.5 Å². The molecule has 0 saturated carbocycles. The van der Waals surface area contributed by atoms with Gasteiger partial charge in [0.15, 0.2) is 0 Å². The fourth-order valence-corrected chi connectivity index (χ4v) is 1.89. The second-order valence-corrected chi connectivity index (χ2v) is 4.61. The van der Waals surface area contributed by atoms with Gasteiger partial charge in [0.05, 0.1) is 0 Å². The van der Waals surface area contributed by atoms with Crippen molar-refractivity contribution < 1.29 is 5.11 Å². The first-order valence-electron chi connectivity index (χ1n) is 5.77. The maximum absolute atomic E-state index is 10.1. The summed E-state index contributed by atoms with van der Waals surface area (Å²) in [6, 6.07) is 17.3. The zero-order chi connectivity index (χ0) is 13.0. The second-order valence-electron chi connectivity index (χ2n) is 4.17. The first kappa shape index (κ1) is 12.7. The van der Waals surface area contributed by atoms with Gasteiger partial charge in [-0.25, -0.2) is 0 Å². The van der Waals surface area contributed by atoms with Crippen LogP contribution in [-0.2, 0) is 0 Å². The molecule has 0 heterocycles. The molecule has 0 aromatic heterocycles. The van der Waals surface area contributed by atoms with Gasteiger partial charge in [0, 0.05) is 5.69 Å². The van der Waals surface area contributed by atoms with Crippen LogP contribution in [0.5, 0.6) is 0 Å². The standard InChI is InChI=1S/C15H15NOS/c1-11-7-9-13(10-8-11)16-15(18)14(17)12-5-3-2-4-6-12/h2-10,14,17H,1H3,(H,16,18). The van der Waals surface area contributed by atoms with Crippen molar-refractivity contribution in [2.75, 3.05) is 5.32 Å². The van der Waals surface area contributed by atoms with E-state index in [1.54, 1.807) is 0 Å². The topological polar surface area (TPSA) is 32.3 Å². The average Bonchev–Trinajstić information content (AvgIpc) is 2.41. The second kappa shape index (κ2) is 5.76. The van der Waals surface area contributed by atoms with Crippen LogP contribution in [0.4, 0.5) is 5.69 Å². The molecular weight excluding hydrogens is 242 g/mol. The summed E-state index contributed by atoms with van der Waals surface area (Å²) in [5.74, 6) is 0. The highest BCUT2D eigenvalue weighted by Gasteiger charge is 2.12. The highest BCUT2D eigenvalue weighted by molar-refractivity contribution is 7.80. The van der Waals surface area contributed by atoms with Crippen molar-refractivity contribution in [3.05, 3.63) is 65.7 Å². The molecule has 0 fully saturated rings. The molecule has 18 heavy (non-hydrogen) atoms. The summed E-state index contributed by atoms with van der Waals surface area (Å²) in [4.78, 5) is 0.407. The summed E-state index contributed by atoms with van der Waals surface area (Å²) in [6.07, 6.45) is -0.775. The molecule has 2 aromatic carbocycles. The van der Waals surface area contributed by atoms with E-state index < -0.39 is 6.10 Å². The van der Waals surface area contributed by atoms with Gasteiger partial charge >= 0.3 is 0 Å². The minimum absolute atomic E-state index is 0.407. The summed E-state index contributed by atoms with van der Waals surface area (Å²) >= 11 is 5.21. The number of aliphatic hydroxyl groups is 1. The highest BCUT2D eigenvalue weighted by atomic mass is 32.1. The van der Waals surface area contributed by atoms with Crippen molar-refractivity contribution >= 4 is 22.9 Å². The first-order valence-corrected chi connectivity index (χ1v) is 6.18. The van der Waals surface area contributed by atoms with E-state index in [4.69, 9.17) is 12.2 Å². The summed E-state index contributed by atoms with van der Waals surface area (Å²) in [5, 5.41) is 13.2. The van der Waals surface area contributed by atoms with Gasteiger partial charge in [-0.2, -0.15) is 0 Å². The molecule has 2 N–H and O–H groups in total. The van der Waals surface area contributed by atoms with Crippen LogP contribution >= 0.6 is 12.2 Å². The molecule has 1 unspecified atom stereocenters. The lowest BCUT2D eigenvalue weighted by atomic mass is 10.1. The third-order valence-corrected chi connectivity index (χ3v) is 3.01. The quantitative estimate of drug-likeness (QED) is 0.826. The Bertz CT molecular complexity index is 522. The Hall–Kier alpha value is -1.71. The van der Waals surface area contributed by atoms with E-state index in [9.17, 15) is 5.11 Å². The van der Waals surface area contributed by atoms with Crippen molar-refractivity contribution in [1.82, 2.24) is 0 Å². The normalized spacial score (nSPS) is 11.9. The van der Waals surface area contributed by atoms with E-state index in [2.05, 4.69) is 5.32 Å². The predicted octanol–water partition coefficient (Wildman–Crippen LogP) is 3.47. The molecule has 3 heteroatoms. The molecule has 0 saturated heterocycles. The van der Waals surface area contributed by atoms with Crippen LogP contribution in [0.25, 0.3) is 0 Å². The van der Waals surface area contributed by atoms with E-state index in [0.29, 0.717) is 4.99 Å². The van der Waals surface area contributed by atoms with E-state index in [1.165, 1.54) is 5.56 Å². The fraction of sp³-hybridized carbons (Fsp3) is 0.133. The van der Waals surface area contributed by atoms with E-state index in [-0.39, 0.29) is 0 Å². The average molecular weight is 257 g/mol. The van der Waals surface area contributed by atoms with Crippen LogP contribution in [0.2, 0.25) is 0 Å². The maximum Gasteiger partial charge on any atom is 0.129 e. The lowest BCUT2D eigenvalue weighted by molar-refractivity contribution is 0.250. The lowest BCUT2D eigenvalue weighted by Crippen LogP contribution is -2.18. The largest absolute Gasteiger partial charge is 0.381 e. The molecule has 0 aliphatic heterocycles. The summed E-state index contributed by atoms with van der Waals surface area (Å²) in [7, 11) is 0. The number of aliphatic hydroxyl groups excluding tert-OH is 1. The first-order chi connectivity index (χ1) is 8.66. The van der Waals surface area contributed by atoms with Crippen LogP contribution < -0.4 is 5.32 Å². The third kappa shape index (κ3) is 3.15. The summed E-state index contributed by atoms with van der Waals surface area (Å²) in [6.45, 7) is 2.03. The number of benzene rings is 2. The number of rotatable bonds is 3. The number of nitrogens with one attached hydrogen (secondary N) is 1. The van der Waals surface area contributed by atoms with Crippen molar-refractivity contribution in [1.29, 1.82) is 0 Å². The molecule has 92 valence electrons. The van der Waals surface area contributed by atoms with Gasteiger partial charge in [0.25, 0.3) is 0 Å². The van der Waals surface area contributed by atoms with Gasteiger partial charge in [-0.05, 0) is 24.6 Å². The molecule has 0 radical (unpaired) electrons. The van der Waals surface area contributed by atoms with Gasteiger partial charge in [0.1, 0.15) is 11.1 Å². The van der Waals surface area contributed by atoms with E-state index >= 15 is 0 Å². The number of aryl methyl sites for hydroxylation is 1. The predicted molar refractivity (Wildman–Crippen MR) is 78.8 cm³/mol. The fourth-order valence-electron chi connectivity index (χ4n) is 1.63. The van der Waals surface area contributed by atoms with Crippen molar-refractivity contribution in [2.45, 2.75) is 13.0 Å². The molecule has 0 amide bonds. The zero-order valence-electron chi connectivity index (χ0n) is 10.1. The summed E-state index contributed by atoms with van der Waals surface area (Å²) in [5.41, 5.74) is 2.87.